The van der Waals surface area contributed by atoms with Crippen molar-refractivity contribution in [3.05, 3.63) is 39.7 Å². The highest BCUT2D eigenvalue weighted by molar-refractivity contribution is 5.86. The Morgan fingerprint density at radius 3 is 2.61 bits per heavy atom. The van der Waals surface area contributed by atoms with Gasteiger partial charge < -0.3 is 19.6 Å². The molecule has 1 heterocycles. The lowest BCUT2D eigenvalue weighted by atomic mass is 10.0. The molecule has 1 amide bonds. The first-order valence-corrected chi connectivity index (χ1v) is 9.44. The molecule has 0 aliphatic heterocycles. The summed E-state index contributed by atoms with van der Waals surface area (Å²) < 4.78 is 10.9. The maximum absolute atomic E-state index is 12.1. The molecule has 7 heteroatoms. The lowest BCUT2D eigenvalue weighted by Gasteiger charge is -2.17. The van der Waals surface area contributed by atoms with E-state index >= 15 is 0 Å². The first-order chi connectivity index (χ1) is 13.2. The number of aliphatic carboxylic acids is 1. The number of aryl methyl sites for hydroxylation is 2. The maximum atomic E-state index is 12.1. The van der Waals surface area contributed by atoms with Crippen LogP contribution >= 0.6 is 0 Å². The summed E-state index contributed by atoms with van der Waals surface area (Å²) in [5.41, 5.74) is 1.56. The van der Waals surface area contributed by atoms with Crippen LogP contribution in [-0.4, -0.2) is 29.6 Å². The predicted octanol–water partition coefficient (Wildman–Crippen LogP) is 3.05. The van der Waals surface area contributed by atoms with E-state index in [1.165, 1.54) is 6.07 Å². The third-order valence-corrected chi connectivity index (χ3v) is 4.42. The molecule has 1 aromatic carbocycles. The normalized spacial score (nSPS) is 12.2. The minimum Gasteiger partial charge on any atom is -0.483 e. The first-order valence-electron chi connectivity index (χ1n) is 9.44. The van der Waals surface area contributed by atoms with Gasteiger partial charge in [0, 0.05) is 17.0 Å². The molecule has 152 valence electrons. The zero-order chi connectivity index (χ0) is 20.8. The van der Waals surface area contributed by atoms with Crippen LogP contribution in [0.4, 0.5) is 0 Å². The molecule has 7 nitrogen and oxygen atoms in total. The molecule has 0 aliphatic rings. The molecule has 0 saturated heterocycles. The summed E-state index contributed by atoms with van der Waals surface area (Å²) in [7, 11) is 0. The van der Waals surface area contributed by atoms with Crippen molar-refractivity contribution in [2.45, 2.75) is 53.0 Å². The van der Waals surface area contributed by atoms with Gasteiger partial charge in [-0.05, 0) is 43.4 Å². The average molecular weight is 389 g/mol. The van der Waals surface area contributed by atoms with Crippen molar-refractivity contribution in [2.24, 2.45) is 5.92 Å². The van der Waals surface area contributed by atoms with Crippen molar-refractivity contribution in [3.63, 3.8) is 0 Å². The molecule has 2 N–H and O–H groups in total. The number of carbonyl (C=O) groups excluding carboxylic acids is 1. The third-order valence-electron chi connectivity index (χ3n) is 4.42. The predicted molar refractivity (Wildman–Crippen MR) is 106 cm³/mol. The van der Waals surface area contributed by atoms with Gasteiger partial charge in [0.05, 0.1) is 0 Å². The van der Waals surface area contributed by atoms with Crippen molar-refractivity contribution < 1.29 is 23.8 Å². The molecule has 1 atom stereocenters. The van der Waals surface area contributed by atoms with Gasteiger partial charge in [-0.25, -0.2) is 9.59 Å². The molecule has 0 fully saturated rings. The Hall–Kier alpha value is -2.83. The Morgan fingerprint density at radius 2 is 2.00 bits per heavy atom. The van der Waals surface area contributed by atoms with Crippen LogP contribution in [0.25, 0.3) is 11.0 Å². The largest absolute Gasteiger partial charge is 0.483 e. The van der Waals surface area contributed by atoms with Gasteiger partial charge in [0.2, 0.25) is 0 Å². The van der Waals surface area contributed by atoms with E-state index in [0.29, 0.717) is 23.3 Å². The zero-order valence-corrected chi connectivity index (χ0v) is 16.7. The van der Waals surface area contributed by atoms with Crippen LogP contribution in [0.15, 0.2) is 27.4 Å². The summed E-state index contributed by atoms with van der Waals surface area (Å²) in [6.07, 6.45) is 2.00. The Morgan fingerprint density at radius 1 is 1.29 bits per heavy atom. The summed E-state index contributed by atoms with van der Waals surface area (Å²) >= 11 is 0. The lowest BCUT2D eigenvalue weighted by molar-refractivity contribution is -0.142. The molecule has 0 spiro atoms. The number of amides is 1. The molecule has 0 aliphatic carbocycles. The van der Waals surface area contributed by atoms with E-state index in [9.17, 15) is 19.5 Å². The summed E-state index contributed by atoms with van der Waals surface area (Å²) in [6.45, 7) is 7.24. The number of nitrogens with one attached hydrogen (secondary N) is 1. The Labute approximate surface area is 163 Å². The quantitative estimate of drug-likeness (QED) is 0.639. The van der Waals surface area contributed by atoms with Crippen molar-refractivity contribution in [3.8, 4) is 5.75 Å². The number of ether oxygens (including phenoxy) is 1. The average Bonchev–Trinajstić information content (AvgIpc) is 2.61. The fourth-order valence-corrected chi connectivity index (χ4v) is 3.11. The summed E-state index contributed by atoms with van der Waals surface area (Å²) in [4.78, 5) is 35.2. The highest BCUT2D eigenvalue weighted by Gasteiger charge is 2.21. The molecule has 0 unspecified atom stereocenters. The molecule has 0 radical (unpaired) electrons. The second kappa shape index (κ2) is 9.39. The highest BCUT2D eigenvalue weighted by Crippen LogP contribution is 2.28. The van der Waals surface area contributed by atoms with Gasteiger partial charge in [-0.1, -0.05) is 27.2 Å². The molecule has 1 aromatic heterocycles. The van der Waals surface area contributed by atoms with Crippen molar-refractivity contribution in [1.29, 1.82) is 0 Å². The van der Waals surface area contributed by atoms with E-state index in [4.69, 9.17) is 9.15 Å². The molecule has 2 rings (SSSR count). The fraction of sp³-hybridized carbons (Fsp3) is 0.476. The third kappa shape index (κ3) is 5.34. The van der Waals surface area contributed by atoms with Crippen LogP contribution in [0.3, 0.4) is 0 Å². The number of benzene rings is 1. The number of rotatable bonds is 9. The van der Waals surface area contributed by atoms with E-state index in [-0.39, 0.29) is 12.5 Å². The SMILES string of the molecule is CCCc1cc(=O)oc2c(C)c(OCC(=O)N[C@H](CC(C)C)C(=O)O)ccc12. The molecule has 28 heavy (non-hydrogen) atoms. The smallest absolute Gasteiger partial charge is 0.336 e. The monoisotopic (exact) mass is 389 g/mol. The second-order valence-corrected chi connectivity index (χ2v) is 7.28. The van der Waals surface area contributed by atoms with Crippen LogP contribution in [0.1, 0.15) is 44.7 Å². The second-order valence-electron chi connectivity index (χ2n) is 7.28. The summed E-state index contributed by atoms with van der Waals surface area (Å²) in [5, 5.41) is 12.5. The highest BCUT2D eigenvalue weighted by atomic mass is 16.5. The maximum Gasteiger partial charge on any atom is 0.336 e. The van der Waals surface area contributed by atoms with Gasteiger partial charge in [-0.3, -0.25) is 4.79 Å². The van der Waals surface area contributed by atoms with E-state index < -0.39 is 23.5 Å². The van der Waals surface area contributed by atoms with Crippen molar-refractivity contribution in [1.82, 2.24) is 5.32 Å². The minimum absolute atomic E-state index is 0.130. The van der Waals surface area contributed by atoms with Crippen LogP contribution < -0.4 is 15.7 Å². The number of hydrogen-bond acceptors (Lipinski definition) is 5. The topological polar surface area (TPSA) is 106 Å². The van der Waals surface area contributed by atoms with Gasteiger partial charge in [-0.15, -0.1) is 0 Å². The molecule has 0 bridgehead atoms. The van der Waals surface area contributed by atoms with Crippen LogP contribution in [0.5, 0.6) is 5.75 Å². The zero-order valence-electron chi connectivity index (χ0n) is 16.7. The van der Waals surface area contributed by atoms with Crippen LogP contribution in [-0.2, 0) is 16.0 Å². The van der Waals surface area contributed by atoms with Gasteiger partial charge >= 0.3 is 11.6 Å². The standard InChI is InChI=1S/C21H27NO6/c1-5-6-14-10-19(24)28-20-13(4)17(8-7-15(14)20)27-11-18(23)22-16(21(25)26)9-12(2)3/h7-8,10,12,16H,5-6,9,11H2,1-4H3,(H,22,23)(H,25,26)/t16-/m1/s1. The van der Waals surface area contributed by atoms with E-state index in [1.807, 2.05) is 26.8 Å². The number of fused-ring (bicyclic) bond motifs is 1. The number of carboxylic acid groups (broad SMARTS) is 1. The van der Waals surface area contributed by atoms with E-state index in [0.717, 1.165) is 23.8 Å². The lowest BCUT2D eigenvalue weighted by Crippen LogP contribution is -2.43. The molecular formula is C21H27NO6. The number of hydrogen-bond donors (Lipinski definition) is 2. The molecular weight excluding hydrogens is 362 g/mol. The molecule has 0 saturated carbocycles. The summed E-state index contributed by atoms with van der Waals surface area (Å²) in [6, 6.07) is 4.08. The first kappa shape index (κ1) is 21.5. The van der Waals surface area contributed by atoms with Gasteiger partial charge in [-0.2, -0.15) is 0 Å². The molecule has 2 aromatic rings. The van der Waals surface area contributed by atoms with E-state index in [2.05, 4.69) is 5.32 Å². The van der Waals surface area contributed by atoms with Crippen LogP contribution in [0.2, 0.25) is 0 Å². The van der Waals surface area contributed by atoms with Gasteiger partial charge in [0.1, 0.15) is 17.4 Å². The number of carboxylic acids is 1. The van der Waals surface area contributed by atoms with Crippen molar-refractivity contribution >= 4 is 22.8 Å². The van der Waals surface area contributed by atoms with Gasteiger partial charge in [0.25, 0.3) is 5.91 Å². The Bertz CT molecular complexity index is 915. The van der Waals surface area contributed by atoms with Gasteiger partial charge in [0.15, 0.2) is 6.61 Å². The minimum atomic E-state index is -1.07. The Balaban J connectivity index is 2.16. The van der Waals surface area contributed by atoms with Crippen LogP contribution in [0, 0.1) is 12.8 Å². The number of carbonyl (C=O) groups is 2. The van der Waals surface area contributed by atoms with E-state index in [1.54, 1.807) is 13.0 Å². The van der Waals surface area contributed by atoms with Crippen molar-refractivity contribution in [2.75, 3.05) is 6.61 Å². The Kier molecular flexibility index (Phi) is 7.20. The summed E-state index contributed by atoms with van der Waals surface area (Å²) in [5.74, 6) is -1.05. The fourth-order valence-electron chi connectivity index (χ4n) is 3.11.